The van der Waals surface area contributed by atoms with Crippen molar-refractivity contribution in [3.05, 3.63) is 0 Å². The molecule has 0 aromatic rings. The van der Waals surface area contributed by atoms with Gasteiger partial charge in [0.1, 0.15) is 0 Å². The second kappa shape index (κ2) is 2.39. The third-order valence-electron chi connectivity index (χ3n) is 2.31. The minimum atomic E-state index is -0.424. The van der Waals surface area contributed by atoms with Gasteiger partial charge in [0, 0.05) is 0 Å². The largest absolute Gasteiger partial charge is 0.450 e. The first kappa shape index (κ1) is 7.91. The van der Waals surface area contributed by atoms with E-state index in [0.29, 0.717) is 0 Å². The second-order valence-corrected chi connectivity index (χ2v) is 4.28. The predicted molar refractivity (Wildman–Crippen MR) is 47.0 cm³/mol. The van der Waals surface area contributed by atoms with Crippen LogP contribution in [0.2, 0.25) is 0 Å². The molecule has 2 rings (SSSR count). The maximum atomic E-state index is 11.2. The number of aliphatic imine (C=N–C) groups is 1. The Bertz CT molecular complexity index is 260. The van der Waals surface area contributed by atoms with E-state index in [4.69, 9.17) is 10.5 Å². The number of ether oxygens (including phenoxy) is 1. The van der Waals surface area contributed by atoms with Gasteiger partial charge in [0.2, 0.25) is 0 Å². The van der Waals surface area contributed by atoms with Crippen LogP contribution in [0.15, 0.2) is 4.99 Å². The van der Waals surface area contributed by atoms with Gasteiger partial charge < -0.3 is 10.5 Å². The topological polar surface area (TPSA) is 64.7 Å². The quantitative estimate of drug-likeness (QED) is 0.665. The molecule has 0 radical (unpaired) electrons. The predicted octanol–water partition coefficient (Wildman–Crippen LogP) is 0.122. The molecular formula is C7H10N2O2S. The Balaban J connectivity index is 2.13. The summed E-state index contributed by atoms with van der Waals surface area (Å²) in [7, 11) is 0. The van der Waals surface area contributed by atoms with Crippen molar-refractivity contribution in [3.8, 4) is 0 Å². The fourth-order valence-electron chi connectivity index (χ4n) is 1.39. The molecule has 0 spiro atoms. The molecule has 1 aliphatic heterocycles. The van der Waals surface area contributed by atoms with Crippen molar-refractivity contribution in [2.75, 3.05) is 6.26 Å². The molecular weight excluding hydrogens is 176 g/mol. The molecule has 1 atom stereocenters. The van der Waals surface area contributed by atoms with Crippen LogP contribution in [0, 0.1) is 0 Å². The van der Waals surface area contributed by atoms with Gasteiger partial charge in [-0.3, -0.25) is 4.79 Å². The van der Waals surface area contributed by atoms with Gasteiger partial charge in [0.15, 0.2) is 6.10 Å². The summed E-state index contributed by atoms with van der Waals surface area (Å²) in [5.41, 5.74) is 5.29. The lowest BCUT2D eigenvalue weighted by atomic mass is 10.2. The van der Waals surface area contributed by atoms with E-state index in [9.17, 15) is 4.79 Å². The summed E-state index contributed by atoms with van der Waals surface area (Å²) in [6.45, 7) is 0. The molecule has 1 saturated carbocycles. The fourth-order valence-corrected chi connectivity index (χ4v) is 2.27. The number of carbonyl (C=O) groups is 1. The number of hydrogen-bond donors (Lipinski definition) is 1. The van der Waals surface area contributed by atoms with Gasteiger partial charge in [-0.15, -0.1) is 0 Å². The van der Waals surface area contributed by atoms with Gasteiger partial charge in [-0.2, -0.15) is 16.8 Å². The molecule has 2 aliphatic rings. The van der Waals surface area contributed by atoms with Crippen molar-refractivity contribution in [2.24, 2.45) is 10.7 Å². The van der Waals surface area contributed by atoms with Crippen LogP contribution in [0.4, 0.5) is 0 Å². The van der Waals surface area contributed by atoms with Crippen LogP contribution in [0.5, 0.6) is 0 Å². The molecule has 0 saturated heterocycles. The Morgan fingerprint density at radius 3 is 2.75 bits per heavy atom. The maximum absolute atomic E-state index is 11.2. The van der Waals surface area contributed by atoms with Gasteiger partial charge in [-0.1, -0.05) is 0 Å². The Labute approximate surface area is 74.6 Å². The minimum absolute atomic E-state index is 0.0188. The maximum Gasteiger partial charge on any atom is 0.292 e. The first-order valence-electron chi connectivity index (χ1n) is 3.78. The van der Waals surface area contributed by atoms with Gasteiger partial charge >= 0.3 is 0 Å². The molecule has 12 heavy (non-hydrogen) atoms. The third kappa shape index (κ3) is 0.998. The molecule has 1 unspecified atom stereocenters. The van der Waals surface area contributed by atoms with Gasteiger partial charge in [0.25, 0.3) is 11.9 Å². The van der Waals surface area contributed by atoms with Crippen LogP contribution in [0.25, 0.3) is 0 Å². The Morgan fingerprint density at radius 1 is 1.75 bits per heavy atom. The molecule has 66 valence electrons. The number of nitrogens with zero attached hydrogens (tertiary/aromatic N) is 1. The van der Waals surface area contributed by atoms with Gasteiger partial charge in [-0.05, 0) is 19.1 Å². The Kier molecular flexibility index (Phi) is 1.57. The summed E-state index contributed by atoms with van der Waals surface area (Å²) in [5, 5.41) is 0. The lowest BCUT2D eigenvalue weighted by Crippen LogP contribution is -2.33. The zero-order chi connectivity index (χ0) is 8.77. The number of amides is 1. The van der Waals surface area contributed by atoms with E-state index in [-0.39, 0.29) is 16.7 Å². The lowest BCUT2D eigenvalue weighted by Gasteiger charge is -2.17. The van der Waals surface area contributed by atoms with Crippen molar-refractivity contribution in [3.63, 3.8) is 0 Å². The Morgan fingerprint density at radius 2 is 2.42 bits per heavy atom. The molecule has 1 aliphatic carbocycles. The van der Waals surface area contributed by atoms with Crippen molar-refractivity contribution >= 4 is 23.7 Å². The minimum Gasteiger partial charge on any atom is -0.450 e. The third-order valence-corrected chi connectivity index (χ3v) is 3.75. The first-order valence-corrected chi connectivity index (χ1v) is 5.00. The van der Waals surface area contributed by atoms with Crippen LogP contribution >= 0.6 is 11.8 Å². The number of carbonyl (C=O) groups excluding carboxylic acids is 1. The number of nitrogens with two attached hydrogens (primary N) is 1. The van der Waals surface area contributed by atoms with Crippen molar-refractivity contribution in [1.82, 2.24) is 0 Å². The van der Waals surface area contributed by atoms with Crippen LogP contribution in [-0.2, 0) is 9.53 Å². The van der Waals surface area contributed by atoms with Crippen LogP contribution in [-0.4, -0.2) is 29.0 Å². The van der Waals surface area contributed by atoms with E-state index in [2.05, 4.69) is 4.99 Å². The normalized spacial score (nSPS) is 31.2. The zero-order valence-corrected chi connectivity index (χ0v) is 7.56. The molecule has 0 aromatic carbocycles. The van der Waals surface area contributed by atoms with Gasteiger partial charge in [0.05, 0.1) is 4.75 Å². The van der Waals surface area contributed by atoms with Crippen LogP contribution in [0.3, 0.4) is 0 Å². The van der Waals surface area contributed by atoms with Crippen LogP contribution in [0.1, 0.15) is 12.8 Å². The average molecular weight is 186 g/mol. The summed E-state index contributed by atoms with van der Waals surface area (Å²) in [4.78, 5) is 14.8. The molecule has 1 fully saturated rings. The SMILES string of the molecule is CSC1(C2OC(N)=NC2=O)CC1. The first-order chi connectivity index (χ1) is 5.68. The molecule has 4 nitrogen and oxygen atoms in total. The van der Waals surface area contributed by atoms with E-state index in [0.717, 1.165) is 12.8 Å². The molecule has 0 bridgehead atoms. The van der Waals surface area contributed by atoms with Crippen molar-refractivity contribution < 1.29 is 9.53 Å². The van der Waals surface area contributed by atoms with E-state index < -0.39 is 6.10 Å². The van der Waals surface area contributed by atoms with Crippen LogP contribution < -0.4 is 5.73 Å². The smallest absolute Gasteiger partial charge is 0.292 e. The summed E-state index contributed by atoms with van der Waals surface area (Å²) in [5.74, 6) is -0.223. The number of hydrogen-bond acceptors (Lipinski definition) is 4. The summed E-state index contributed by atoms with van der Waals surface area (Å²) in [6, 6.07) is 0.0188. The van der Waals surface area contributed by atoms with E-state index in [1.54, 1.807) is 11.8 Å². The highest BCUT2D eigenvalue weighted by Gasteiger charge is 2.56. The fraction of sp³-hybridized carbons (Fsp3) is 0.714. The highest BCUT2D eigenvalue weighted by molar-refractivity contribution is 8.00. The Hall–Kier alpha value is -0.710. The van der Waals surface area contributed by atoms with Crippen molar-refractivity contribution in [1.29, 1.82) is 0 Å². The number of rotatable bonds is 2. The summed E-state index contributed by atoms with van der Waals surface area (Å²) < 4.78 is 5.12. The second-order valence-electron chi connectivity index (χ2n) is 3.06. The van der Waals surface area contributed by atoms with E-state index in [1.165, 1.54) is 0 Å². The molecule has 5 heteroatoms. The highest BCUT2D eigenvalue weighted by Crippen LogP contribution is 2.51. The summed E-state index contributed by atoms with van der Waals surface area (Å²) >= 11 is 1.67. The zero-order valence-electron chi connectivity index (χ0n) is 6.74. The molecule has 1 heterocycles. The summed E-state index contributed by atoms with van der Waals surface area (Å²) in [6.07, 6.45) is 3.60. The highest BCUT2D eigenvalue weighted by atomic mass is 32.2. The molecule has 2 N–H and O–H groups in total. The average Bonchev–Trinajstić information content (AvgIpc) is 2.74. The monoisotopic (exact) mass is 186 g/mol. The molecule has 1 amide bonds. The standard InChI is InChI=1S/C7H10N2O2S/c1-12-7(2-3-7)4-5(10)9-6(8)11-4/h4H,2-3H2,1H3,(H2,8,9,10). The van der Waals surface area contributed by atoms with E-state index in [1.807, 2.05) is 6.26 Å². The van der Waals surface area contributed by atoms with E-state index >= 15 is 0 Å². The van der Waals surface area contributed by atoms with Crippen molar-refractivity contribution in [2.45, 2.75) is 23.7 Å². The van der Waals surface area contributed by atoms with Gasteiger partial charge in [-0.25, -0.2) is 0 Å². The lowest BCUT2D eigenvalue weighted by molar-refractivity contribution is -0.122. The molecule has 0 aromatic heterocycles. The number of thioether (sulfide) groups is 1. The number of amidine groups is 1.